The molecule has 1 saturated heterocycles. The summed E-state index contributed by atoms with van der Waals surface area (Å²) in [6, 6.07) is 5.36. The molecule has 1 fully saturated rings. The van der Waals surface area contributed by atoms with Crippen molar-refractivity contribution in [3.63, 3.8) is 0 Å². The van der Waals surface area contributed by atoms with Gasteiger partial charge in [0.05, 0.1) is 12.6 Å². The molecule has 6 nitrogen and oxygen atoms in total. The van der Waals surface area contributed by atoms with E-state index in [9.17, 15) is 4.79 Å². The van der Waals surface area contributed by atoms with Crippen LogP contribution in [-0.2, 0) is 4.79 Å². The molecule has 23 heavy (non-hydrogen) atoms. The quantitative estimate of drug-likeness (QED) is 0.878. The van der Waals surface area contributed by atoms with Crippen molar-refractivity contribution in [2.24, 2.45) is 11.7 Å². The lowest BCUT2D eigenvalue weighted by molar-refractivity contribution is -0.133. The van der Waals surface area contributed by atoms with Gasteiger partial charge in [-0.25, -0.2) is 0 Å². The highest BCUT2D eigenvalue weighted by molar-refractivity contribution is 5.85. The molecule has 2 rings (SSSR count). The molecule has 0 spiro atoms. The van der Waals surface area contributed by atoms with Crippen LogP contribution in [0.5, 0.6) is 5.88 Å². The highest BCUT2D eigenvalue weighted by atomic mass is 35.5. The number of ether oxygens (including phenoxy) is 1. The van der Waals surface area contributed by atoms with E-state index in [-0.39, 0.29) is 24.2 Å². The van der Waals surface area contributed by atoms with Crippen LogP contribution in [0.1, 0.15) is 20.8 Å². The number of hydrogen-bond acceptors (Lipinski definition) is 5. The monoisotopic (exact) mass is 342 g/mol. The van der Waals surface area contributed by atoms with E-state index in [0.717, 1.165) is 18.9 Å². The average Bonchev–Trinajstić information content (AvgIpc) is 2.54. The molecule has 0 radical (unpaired) electrons. The molecular weight excluding hydrogens is 316 g/mol. The van der Waals surface area contributed by atoms with E-state index in [1.807, 2.05) is 43.9 Å². The molecule has 0 saturated carbocycles. The Morgan fingerprint density at radius 1 is 1.30 bits per heavy atom. The maximum absolute atomic E-state index is 12.3. The fourth-order valence-electron chi connectivity index (χ4n) is 2.46. The Morgan fingerprint density at radius 2 is 1.96 bits per heavy atom. The van der Waals surface area contributed by atoms with E-state index in [2.05, 4.69) is 9.88 Å². The van der Waals surface area contributed by atoms with Gasteiger partial charge in [-0.3, -0.25) is 4.79 Å². The van der Waals surface area contributed by atoms with Gasteiger partial charge in [-0.1, -0.05) is 19.9 Å². The molecule has 1 aromatic rings. The third-order valence-corrected chi connectivity index (χ3v) is 3.92. The maximum Gasteiger partial charge on any atom is 0.239 e. The van der Waals surface area contributed by atoms with Crippen molar-refractivity contribution in [2.45, 2.75) is 26.8 Å². The second kappa shape index (κ2) is 8.93. The number of pyridine rings is 1. The van der Waals surface area contributed by atoms with Crippen molar-refractivity contribution in [1.82, 2.24) is 9.88 Å². The second-order valence-corrected chi connectivity index (χ2v) is 5.85. The van der Waals surface area contributed by atoms with Gasteiger partial charge in [0.1, 0.15) is 5.82 Å². The molecule has 0 aromatic carbocycles. The molecule has 1 aromatic heterocycles. The predicted molar refractivity (Wildman–Crippen MR) is 94.3 cm³/mol. The largest absolute Gasteiger partial charge is 0.478 e. The van der Waals surface area contributed by atoms with Crippen molar-refractivity contribution >= 4 is 24.1 Å². The van der Waals surface area contributed by atoms with Gasteiger partial charge in [-0.15, -0.1) is 12.4 Å². The first-order valence-corrected chi connectivity index (χ1v) is 7.92. The first-order chi connectivity index (χ1) is 10.5. The zero-order valence-corrected chi connectivity index (χ0v) is 14.9. The van der Waals surface area contributed by atoms with Gasteiger partial charge >= 0.3 is 0 Å². The zero-order chi connectivity index (χ0) is 16.1. The third kappa shape index (κ3) is 4.97. The van der Waals surface area contributed by atoms with Crippen LogP contribution in [0.3, 0.4) is 0 Å². The molecule has 0 aliphatic carbocycles. The molecule has 2 heterocycles. The van der Waals surface area contributed by atoms with E-state index in [1.165, 1.54) is 0 Å². The van der Waals surface area contributed by atoms with Gasteiger partial charge in [-0.2, -0.15) is 4.98 Å². The summed E-state index contributed by atoms with van der Waals surface area (Å²) < 4.78 is 5.44. The van der Waals surface area contributed by atoms with E-state index in [4.69, 9.17) is 10.5 Å². The Kier molecular flexibility index (Phi) is 7.58. The average molecular weight is 343 g/mol. The summed E-state index contributed by atoms with van der Waals surface area (Å²) >= 11 is 0. The topological polar surface area (TPSA) is 71.7 Å². The van der Waals surface area contributed by atoms with Crippen molar-refractivity contribution in [2.75, 3.05) is 37.7 Å². The summed E-state index contributed by atoms with van der Waals surface area (Å²) in [6.07, 6.45) is 0. The van der Waals surface area contributed by atoms with Crippen LogP contribution in [0, 0.1) is 5.92 Å². The number of carbonyl (C=O) groups excluding carboxylic acids is 1. The number of halogens is 1. The summed E-state index contributed by atoms with van der Waals surface area (Å²) in [5.41, 5.74) is 5.96. The summed E-state index contributed by atoms with van der Waals surface area (Å²) in [5.74, 6) is 1.74. The van der Waals surface area contributed by atoms with Crippen LogP contribution in [0.15, 0.2) is 18.2 Å². The summed E-state index contributed by atoms with van der Waals surface area (Å²) in [4.78, 5) is 20.8. The van der Waals surface area contributed by atoms with E-state index >= 15 is 0 Å². The number of aromatic nitrogens is 1. The molecule has 1 aliphatic heterocycles. The molecule has 2 N–H and O–H groups in total. The number of carbonyl (C=O) groups is 1. The Bertz CT molecular complexity index is 505. The number of piperazine rings is 1. The number of anilines is 1. The van der Waals surface area contributed by atoms with Gasteiger partial charge in [0.15, 0.2) is 0 Å². The second-order valence-electron chi connectivity index (χ2n) is 5.85. The van der Waals surface area contributed by atoms with E-state index in [1.54, 1.807) is 0 Å². The fraction of sp³-hybridized carbons (Fsp3) is 0.625. The molecule has 7 heteroatoms. The lowest BCUT2D eigenvalue weighted by atomic mass is 10.0. The molecule has 130 valence electrons. The Morgan fingerprint density at radius 3 is 2.52 bits per heavy atom. The summed E-state index contributed by atoms with van der Waals surface area (Å²) in [6.45, 7) is 9.38. The van der Waals surface area contributed by atoms with E-state index < -0.39 is 6.04 Å². The van der Waals surface area contributed by atoms with Gasteiger partial charge in [0.2, 0.25) is 11.8 Å². The lowest BCUT2D eigenvalue weighted by Crippen LogP contribution is -2.54. The fourth-order valence-corrected chi connectivity index (χ4v) is 2.46. The molecule has 0 unspecified atom stereocenters. The summed E-state index contributed by atoms with van der Waals surface area (Å²) in [7, 11) is 0. The highest BCUT2D eigenvalue weighted by Gasteiger charge is 2.27. The van der Waals surface area contributed by atoms with Crippen LogP contribution >= 0.6 is 12.4 Å². The van der Waals surface area contributed by atoms with Crippen molar-refractivity contribution in [3.8, 4) is 5.88 Å². The molecule has 1 atom stereocenters. The standard InChI is InChI=1S/C16H26N4O2.ClH/c1-4-22-14-7-5-6-13(18-14)19-8-10-20(11-9-19)16(21)15(17)12(2)3;/h5-7,12,15H,4,8-11,17H2,1-3H3;1H/t15-;/m0./s1. The smallest absolute Gasteiger partial charge is 0.239 e. The molecule has 1 amide bonds. The van der Waals surface area contributed by atoms with Crippen molar-refractivity contribution < 1.29 is 9.53 Å². The van der Waals surface area contributed by atoms with Gasteiger partial charge < -0.3 is 20.3 Å². The first-order valence-electron chi connectivity index (χ1n) is 7.92. The summed E-state index contributed by atoms with van der Waals surface area (Å²) in [5, 5.41) is 0. The minimum Gasteiger partial charge on any atom is -0.478 e. The first kappa shape index (κ1) is 19.5. The highest BCUT2D eigenvalue weighted by Crippen LogP contribution is 2.18. The Hall–Kier alpha value is -1.53. The van der Waals surface area contributed by atoms with Crippen LogP contribution in [0.4, 0.5) is 5.82 Å². The van der Waals surface area contributed by atoms with Gasteiger partial charge in [0.25, 0.3) is 0 Å². The minimum absolute atomic E-state index is 0. The number of hydrogen-bond donors (Lipinski definition) is 1. The van der Waals surface area contributed by atoms with Crippen molar-refractivity contribution in [3.05, 3.63) is 18.2 Å². The normalized spacial score (nSPS) is 16.0. The van der Waals surface area contributed by atoms with Crippen LogP contribution in [0.25, 0.3) is 0 Å². The number of amides is 1. The maximum atomic E-state index is 12.3. The SMILES string of the molecule is CCOc1cccc(N2CCN(C(=O)[C@@H](N)C(C)C)CC2)n1.Cl. The molecule has 1 aliphatic rings. The Balaban J connectivity index is 0.00000264. The van der Waals surface area contributed by atoms with Crippen LogP contribution in [0.2, 0.25) is 0 Å². The number of rotatable bonds is 5. The lowest BCUT2D eigenvalue weighted by Gasteiger charge is -2.37. The van der Waals surface area contributed by atoms with Crippen LogP contribution < -0.4 is 15.4 Å². The predicted octanol–water partition coefficient (Wildman–Crippen LogP) is 1.53. The van der Waals surface area contributed by atoms with Crippen molar-refractivity contribution in [1.29, 1.82) is 0 Å². The molecule has 0 bridgehead atoms. The molecular formula is C16H27ClN4O2. The number of nitrogens with zero attached hydrogens (tertiary/aromatic N) is 3. The van der Waals surface area contributed by atoms with Gasteiger partial charge in [0, 0.05) is 32.2 Å². The Labute approximate surface area is 144 Å². The zero-order valence-electron chi connectivity index (χ0n) is 14.1. The van der Waals surface area contributed by atoms with E-state index in [0.29, 0.717) is 25.6 Å². The van der Waals surface area contributed by atoms with Crippen LogP contribution in [-0.4, -0.2) is 54.6 Å². The number of nitrogens with two attached hydrogens (primary N) is 1. The third-order valence-electron chi connectivity index (χ3n) is 3.92. The van der Waals surface area contributed by atoms with Gasteiger partial charge in [-0.05, 0) is 18.9 Å². The minimum atomic E-state index is -0.411.